The molecule has 2 aromatic rings. The van der Waals surface area contributed by atoms with E-state index in [9.17, 15) is 8.78 Å². The van der Waals surface area contributed by atoms with E-state index in [2.05, 4.69) is 9.97 Å². The molecular weight excluding hydrogens is 306 g/mol. The van der Waals surface area contributed by atoms with Crippen molar-refractivity contribution in [2.75, 3.05) is 32.9 Å². The van der Waals surface area contributed by atoms with Gasteiger partial charge in [-0.15, -0.1) is 0 Å². The van der Waals surface area contributed by atoms with Crippen LogP contribution < -0.4 is 15.2 Å². The van der Waals surface area contributed by atoms with Gasteiger partial charge in [-0.25, -0.2) is 18.7 Å². The van der Waals surface area contributed by atoms with Crippen LogP contribution in [0.25, 0.3) is 10.9 Å². The van der Waals surface area contributed by atoms with E-state index in [1.54, 1.807) is 7.05 Å². The number of fused-ring (bicyclic) bond motifs is 1. The van der Waals surface area contributed by atoms with Crippen molar-refractivity contribution in [3.05, 3.63) is 18.5 Å². The van der Waals surface area contributed by atoms with Crippen LogP contribution in [0.3, 0.4) is 0 Å². The highest BCUT2D eigenvalue weighted by Crippen LogP contribution is 2.40. The van der Waals surface area contributed by atoms with Gasteiger partial charge < -0.3 is 20.1 Å². The fraction of sp³-hybridized carbons (Fsp3) is 0.467. The molecule has 6 nitrogen and oxygen atoms in total. The predicted molar refractivity (Wildman–Crippen MR) is 82.0 cm³/mol. The first-order valence-corrected chi connectivity index (χ1v) is 7.02. The number of ether oxygens (including phenoxy) is 2. The zero-order valence-electron chi connectivity index (χ0n) is 15.4. The van der Waals surface area contributed by atoms with Gasteiger partial charge in [0.1, 0.15) is 12.1 Å². The molecule has 1 aromatic carbocycles. The molecule has 1 aliphatic heterocycles. The van der Waals surface area contributed by atoms with Gasteiger partial charge in [0.15, 0.2) is 17.6 Å². The summed E-state index contributed by atoms with van der Waals surface area (Å²) < 4.78 is 61.2. The first-order valence-electron chi connectivity index (χ1n) is 8.52. The minimum Gasteiger partial charge on any atom is -0.493 e. The molecule has 1 fully saturated rings. The fourth-order valence-electron chi connectivity index (χ4n) is 2.70. The Morgan fingerprint density at radius 3 is 3.00 bits per heavy atom. The van der Waals surface area contributed by atoms with E-state index in [4.69, 9.17) is 19.3 Å². The first-order chi connectivity index (χ1) is 12.1. The molecule has 0 saturated carbocycles. The lowest BCUT2D eigenvalue weighted by molar-refractivity contribution is -0.135. The second kappa shape index (κ2) is 5.77. The van der Waals surface area contributed by atoms with Gasteiger partial charge in [0, 0.05) is 13.0 Å². The van der Waals surface area contributed by atoms with Crippen molar-refractivity contribution in [1.82, 2.24) is 14.9 Å². The minimum atomic E-state index is -3.13. The van der Waals surface area contributed by atoms with Gasteiger partial charge in [-0.2, -0.15) is 0 Å². The maximum absolute atomic E-state index is 14.4. The summed E-state index contributed by atoms with van der Waals surface area (Å²) in [6, 6.07) is 2.78. The maximum atomic E-state index is 14.4. The summed E-state index contributed by atoms with van der Waals surface area (Å²) in [4.78, 5) is 9.36. The largest absolute Gasteiger partial charge is 0.493 e. The molecule has 1 unspecified atom stereocenters. The zero-order chi connectivity index (χ0) is 19.1. The second-order valence-corrected chi connectivity index (χ2v) is 5.54. The van der Waals surface area contributed by atoms with Crippen LogP contribution >= 0.6 is 0 Å². The number of halogens is 2. The molecule has 23 heavy (non-hydrogen) atoms. The van der Waals surface area contributed by atoms with Crippen molar-refractivity contribution >= 4 is 16.7 Å². The molecule has 3 rings (SSSR count). The Morgan fingerprint density at radius 1 is 1.43 bits per heavy atom. The molecule has 8 heteroatoms. The highest BCUT2D eigenvalue weighted by molar-refractivity contribution is 5.95. The van der Waals surface area contributed by atoms with Crippen molar-refractivity contribution in [2.24, 2.45) is 0 Å². The first kappa shape index (κ1) is 12.2. The van der Waals surface area contributed by atoms with E-state index in [-0.39, 0.29) is 29.1 Å². The molecule has 0 radical (unpaired) electrons. The number of hydrogen-bond donors (Lipinski definition) is 1. The van der Waals surface area contributed by atoms with E-state index < -0.39 is 25.6 Å². The molecular formula is C15H18F2N4O2. The third kappa shape index (κ3) is 2.86. The number of hydrogen-bond acceptors (Lipinski definition) is 6. The van der Waals surface area contributed by atoms with Crippen molar-refractivity contribution < 1.29 is 22.4 Å². The number of aromatic nitrogens is 2. The van der Waals surface area contributed by atoms with E-state index in [0.717, 1.165) is 0 Å². The molecule has 1 aliphatic rings. The lowest BCUT2D eigenvalue weighted by Crippen LogP contribution is -2.52. The third-order valence-electron chi connectivity index (χ3n) is 3.84. The third-order valence-corrected chi connectivity index (χ3v) is 3.84. The van der Waals surface area contributed by atoms with Crippen LogP contribution in [0.2, 0.25) is 0 Å². The zero-order valence-corrected chi connectivity index (χ0v) is 12.4. The second-order valence-electron chi connectivity index (χ2n) is 5.54. The maximum Gasteiger partial charge on any atom is 0.296 e. The number of methoxy groups -OCH3 is 1. The van der Waals surface area contributed by atoms with Crippen molar-refractivity contribution in [3.63, 3.8) is 0 Å². The summed E-state index contributed by atoms with van der Waals surface area (Å²) in [6.45, 7) is -0.0592. The monoisotopic (exact) mass is 327 g/mol. The SMILES string of the molecule is [2H]C([2H])([2H])Oc1ccc2ncnc(N)c2c1OC1CCN(C)CC1(F)F. The van der Waals surface area contributed by atoms with Crippen LogP contribution in [-0.2, 0) is 0 Å². The Bertz CT molecular complexity index is 819. The smallest absolute Gasteiger partial charge is 0.296 e. The van der Waals surface area contributed by atoms with Crippen LogP contribution in [0.15, 0.2) is 18.5 Å². The highest BCUT2D eigenvalue weighted by Gasteiger charge is 2.46. The van der Waals surface area contributed by atoms with Crippen LogP contribution in [0.4, 0.5) is 14.6 Å². The standard InChI is InChI=1S/C15H18F2N4O2/c1-21-6-5-11(15(16,17)7-21)23-13-10(22-2)4-3-9-12(13)14(18)20-8-19-9/h3-4,8,11H,5-7H2,1-2H3,(H2,18,19,20)/i2D3. The number of nitrogens with zero attached hydrogens (tertiary/aromatic N) is 3. The number of piperidine rings is 1. The fourth-order valence-corrected chi connectivity index (χ4v) is 2.70. The van der Waals surface area contributed by atoms with Gasteiger partial charge in [-0.3, -0.25) is 0 Å². The number of likely N-dealkylation sites (tertiary alicyclic amines) is 1. The Labute approximate surface area is 136 Å². The molecule has 1 saturated heterocycles. The number of alkyl halides is 2. The Kier molecular flexibility index (Phi) is 3.07. The van der Waals surface area contributed by atoms with Crippen LogP contribution in [0.5, 0.6) is 11.5 Å². The minimum absolute atomic E-state index is 0.0164. The topological polar surface area (TPSA) is 73.5 Å². The molecule has 2 N–H and O–H groups in total. The number of anilines is 1. The summed E-state index contributed by atoms with van der Waals surface area (Å²) in [5.41, 5.74) is 6.20. The highest BCUT2D eigenvalue weighted by atomic mass is 19.3. The number of nitrogens with two attached hydrogens (primary N) is 1. The Balaban J connectivity index is 2.08. The van der Waals surface area contributed by atoms with E-state index in [1.807, 2.05) is 0 Å². The molecule has 0 aliphatic carbocycles. The van der Waals surface area contributed by atoms with Crippen molar-refractivity contribution in [3.8, 4) is 11.5 Å². The molecule has 1 aromatic heterocycles. The normalized spacial score (nSPS) is 23.8. The lowest BCUT2D eigenvalue weighted by atomic mass is 10.0. The van der Waals surface area contributed by atoms with Crippen molar-refractivity contribution in [1.29, 1.82) is 0 Å². The molecule has 2 heterocycles. The summed E-state index contributed by atoms with van der Waals surface area (Å²) in [7, 11) is -1.19. The predicted octanol–water partition coefficient (Wildman–Crippen LogP) is 1.94. The van der Waals surface area contributed by atoms with Gasteiger partial charge in [-0.1, -0.05) is 0 Å². The molecule has 0 amide bonds. The van der Waals surface area contributed by atoms with Gasteiger partial charge in [0.25, 0.3) is 5.92 Å². The summed E-state index contributed by atoms with van der Waals surface area (Å²) in [5.74, 6) is -3.55. The van der Waals surface area contributed by atoms with Crippen LogP contribution in [-0.4, -0.2) is 54.1 Å². The van der Waals surface area contributed by atoms with Crippen LogP contribution in [0, 0.1) is 0 Å². The average molecular weight is 327 g/mol. The van der Waals surface area contributed by atoms with Gasteiger partial charge >= 0.3 is 0 Å². The summed E-state index contributed by atoms with van der Waals surface area (Å²) in [5, 5.41) is 0.143. The molecule has 0 bridgehead atoms. The van der Waals surface area contributed by atoms with E-state index in [1.165, 1.54) is 23.4 Å². The van der Waals surface area contributed by atoms with Crippen LogP contribution in [0.1, 0.15) is 10.5 Å². The average Bonchev–Trinajstić information content (AvgIpc) is 2.50. The number of rotatable bonds is 3. The molecule has 0 spiro atoms. The Hall–Kier alpha value is -2.22. The quantitative estimate of drug-likeness (QED) is 0.929. The van der Waals surface area contributed by atoms with Gasteiger partial charge in [0.2, 0.25) is 0 Å². The number of nitrogen functional groups attached to an aromatic ring is 1. The van der Waals surface area contributed by atoms with Gasteiger partial charge in [0.05, 0.1) is 28.6 Å². The molecule has 124 valence electrons. The van der Waals surface area contributed by atoms with E-state index in [0.29, 0.717) is 12.1 Å². The molecule has 1 atom stereocenters. The Morgan fingerprint density at radius 2 is 2.26 bits per heavy atom. The lowest BCUT2D eigenvalue weighted by Gasteiger charge is -2.36. The van der Waals surface area contributed by atoms with Crippen molar-refractivity contribution in [2.45, 2.75) is 18.4 Å². The van der Waals surface area contributed by atoms with Gasteiger partial charge in [-0.05, 0) is 19.2 Å². The van der Waals surface area contributed by atoms with E-state index >= 15 is 0 Å². The number of benzene rings is 1. The summed E-state index contributed by atoms with van der Waals surface area (Å²) >= 11 is 0. The summed E-state index contributed by atoms with van der Waals surface area (Å²) in [6.07, 6.45) is -0.181.